The maximum Gasteiger partial charge on any atom is 0.410 e. The second-order valence-electron chi connectivity index (χ2n) is 6.36. The summed E-state index contributed by atoms with van der Waals surface area (Å²) in [6.07, 6.45) is 1.76. The van der Waals surface area contributed by atoms with E-state index in [1.165, 1.54) is 0 Å². The molecule has 1 saturated heterocycles. The predicted octanol–water partition coefficient (Wildman–Crippen LogP) is 4.80. The summed E-state index contributed by atoms with van der Waals surface area (Å²) in [5.41, 5.74) is 2.09. The molecule has 25 heavy (non-hydrogen) atoms. The maximum absolute atomic E-state index is 12.2. The van der Waals surface area contributed by atoms with Gasteiger partial charge in [-0.25, -0.2) is 4.79 Å². The smallest absolute Gasteiger partial charge is 0.410 e. The number of nitrogens with zero attached hydrogens (tertiary/aromatic N) is 1. The Balaban J connectivity index is 1.37. The van der Waals surface area contributed by atoms with Crippen LogP contribution in [0, 0.1) is 5.92 Å². The van der Waals surface area contributed by atoms with Crippen LogP contribution in [0.25, 0.3) is 0 Å². The lowest BCUT2D eigenvalue weighted by atomic mass is 9.97. The fourth-order valence-electron chi connectivity index (χ4n) is 2.96. The quantitative estimate of drug-likeness (QED) is 0.834. The van der Waals surface area contributed by atoms with Crippen LogP contribution in [0.4, 0.5) is 10.5 Å². The normalized spacial score (nSPS) is 15.0. The zero-order valence-corrected chi connectivity index (χ0v) is 14.9. The van der Waals surface area contributed by atoms with Crippen molar-refractivity contribution in [3.05, 3.63) is 65.2 Å². The molecule has 0 unspecified atom stereocenters. The van der Waals surface area contributed by atoms with Gasteiger partial charge in [0.1, 0.15) is 6.61 Å². The number of amides is 1. The van der Waals surface area contributed by atoms with Crippen LogP contribution in [0.15, 0.2) is 54.6 Å². The lowest BCUT2D eigenvalue weighted by Gasteiger charge is -2.31. The van der Waals surface area contributed by atoms with E-state index in [-0.39, 0.29) is 6.09 Å². The number of piperidine rings is 1. The van der Waals surface area contributed by atoms with E-state index < -0.39 is 0 Å². The number of hydrogen-bond donors (Lipinski definition) is 1. The average Bonchev–Trinajstić information content (AvgIpc) is 2.67. The predicted molar refractivity (Wildman–Crippen MR) is 101 cm³/mol. The van der Waals surface area contributed by atoms with Gasteiger partial charge in [0.15, 0.2) is 0 Å². The third-order valence-corrected chi connectivity index (χ3v) is 4.77. The Bertz CT molecular complexity index is 668. The Morgan fingerprint density at radius 2 is 1.76 bits per heavy atom. The van der Waals surface area contributed by atoms with Crippen molar-refractivity contribution in [3.8, 4) is 0 Å². The van der Waals surface area contributed by atoms with E-state index >= 15 is 0 Å². The minimum absolute atomic E-state index is 0.215. The Morgan fingerprint density at radius 1 is 1.08 bits per heavy atom. The summed E-state index contributed by atoms with van der Waals surface area (Å²) < 4.78 is 5.40. The number of anilines is 1. The molecule has 0 atom stereocenters. The molecule has 4 nitrogen and oxygen atoms in total. The second kappa shape index (κ2) is 8.77. The van der Waals surface area contributed by atoms with Crippen molar-refractivity contribution in [2.45, 2.75) is 19.4 Å². The Labute approximate surface area is 153 Å². The maximum atomic E-state index is 12.2. The molecule has 2 aromatic rings. The van der Waals surface area contributed by atoms with Gasteiger partial charge >= 0.3 is 6.09 Å². The molecule has 0 saturated carbocycles. The highest BCUT2D eigenvalue weighted by Crippen LogP contribution is 2.20. The number of carbonyl (C=O) groups excluding carboxylic acids is 1. The van der Waals surface area contributed by atoms with Crippen molar-refractivity contribution in [1.29, 1.82) is 0 Å². The number of benzene rings is 2. The van der Waals surface area contributed by atoms with Crippen molar-refractivity contribution in [3.63, 3.8) is 0 Å². The molecule has 2 aromatic carbocycles. The monoisotopic (exact) mass is 358 g/mol. The van der Waals surface area contributed by atoms with E-state index in [9.17, 15) is 4.79 Å². The highest BCUT2D eigenvalue weighted by atomic mass is 35.5. The van der Waals surface area contributed by atoms with Crippen molar-refractivity contribution in [2.24, 2.45) is 5.92 Å². The molecule has 132 valence electrons. The molecule has 1 aliphatic rings. The second-order valence-corrected chi connectivity index (χ2v) is 6.79. The molecule has 3 rings (SSSR count). The minimum atomic E-state index is -0.215. The van der Waals surface area contributed by atoms with Crippen molar-refractivity contribution in [1.82, 2.24) is 4.90 Å². The first-order valence-electron chi connectivity index (χ1n) is 8.66. The van der Waals surface area contributed by atoms with Gasteiger partial charge in [0, 0.05) is 30.3 Å². The Hall–Kier alpha value is -2.20. The van der Waals surface area contributed by atoms with Gasteiger partial charge in [-0.1, -0.05) is 41.9 Å². The van der Waals surface area contributed by atoms with Gasteiger partial charge in [-0.2, -0.15) is 0 Å². The molecule has 1 amide bonds. The first kappa shape index (κ1) is 17.6. The van der Waals surface area contributed by atoms with Crippen LogP contribution in [0.2, 0.25) is 5.02 Å². The molecule has 1 N–H and O–H groups in total. The summed E-state index contributed by atoms with van der Waals surface area (Å²) in [5, 5.41) is 4.18. The number of carbonyl (C=O) groups is 1. The molecule has 0 spiro atoms. The highest BCUT2D eigenvalue weighted by Gasteiger charge is 2.23. The van der Waals surface area contributed by atoms with Crippen molar-refractivity contribution >= 4 is 23.4 Å². The van der Waals surface area contributed by atoms with Gasteiger partial charge in [-0.05, 0) is 48.6 Å². The SMILES string of the molecule is O=C(OCc1ccccc1)N1CCC(CNc2ccc(Cl)cc2)CC1. The van der Waals surface area contributed by atoms with Crippen LogP contribution in [0.3, 0.4) is 0 Å². The van der Waals surface area contributed by atoms with Crippen molar-refractivity contribution < 1.29 is 9.53 Å². The third-order valence-electron chi connectivity index (χ3n) is 4.52. The van der Waals surface area contributed by atoms with E-state index in [1.54, 1.807) is 0 Å². The van der Waals surface area contributed by atoms with E-state index in [4.69, 9.17) is 16.3 Å². The van der Waals surface area contributed by atoms with E-state index in [1.807, 2.05) is 59.5 Å². The standard InChI is InChI=1S/C20H23ClN2O2/c21-18-6-8-19(9-7-18)22-14-16-10-12-23(13-11-16)20(24)25-15-17-4-2-1-3-5-17/h1-9,16,22H,10-15H2. The largest absolute Gasteiger partial charge is 0.445 e. The number of rotatable bonds is 5. The van der Waals surface area contributed by atoms with E-state index in [0.29, 0.717) is 12.5 Å². The Kier molecular flexibility index (Phi) is 6.18. The number of hydrogen-bond acceptors (Lipinski definition) is 3. The molecular formula is C20H23ClN2O2. The number of ether oxygens (including phenoxy) is 1. The molecule has 0 aliphatic carbocycles. The van der Waals surface area contributed by atoms with Crippen LogP contribution >= 0.6 is 11.6 Å². The number of likely N-dealkylation sites (tertiary alicyclic amines) is 1. The molecular weight excluding hydrogens is 336 g/mol. The minimum Gasteiger partial charge on any atom is -0.445 e. The molecule has 0 aromatic heterocycles. The lowest BCUT2D eigenvalue weighted by Crippen LogP contribution is -2.40. The molecule has 1 fully saturated rings. The van der Waals surface area contributed by atoms with Crippen LogP contribution in [-0.4, -0.2) is 30.6 Å². The molecule has 1 aliphatic heterocycles. The molecule has 5 heteroatoms. The van der Waals surface area contributed by atoms with Gasteiger partial charge < -0.3 is 15.0 Å². The zero-order chi connectivity index (χ0) is 17.5. The summed E-state index contributed by atoms with van der Waals surface area (Å²) in [5.74, 6) is 0.564. The number of nitrogens with one attached hydrogen (secondary N) is 1. The van der Waals surface area contributed by atoms with Crippen molar-refractivity contribution in [2.75, 3.05) is 25.0 Å². The van der Waals surface area contributed by atoms with Gasteiger partial charge in [-0.3, -0.25) is 0 Å². The van der Waals surface area contributed by atoms with Gasteiger partial charge in [0.05, 0.1) is 0 Å². The molecule has 0 bridgehead atoms. The Morgan fingerprint density at radius 3 is 2.44 bits per heavy atom. The summed E-state index contributed by atoms with van der Waals surface area (Å²) in [4.78, 5) is 14.0. The lowest BCUT2D eigenvalue weighted by molar-refractivity contribution is 0.0832. The van der Waals surface area contributed by atoms with Crippen LogP contribution in [0.5, 0.6) is 0 Å². The average molecular weight is 359 g/mol. The summed E-state index contributed by atoms with van der Waals surface area (Å²) >= 11 is 5.89. The van der Waals surface area contributed by atoms with Gasteiger partial charge in [-0.15, -0.1) is 0 Å². The zero-order valence-electron chi connectivity index (χ0n) is 14.2. The van der Waals surface area contributed by atoms with Gasteiger partial charge in [0.2, 0.25) is 0 Å². The topological polar surface area (TPSA) is 41.6 Å². The number of halogens is 1. The first-order valence-corrected chi connectivity index (χ1v) is 9.03. The summed E-state index contributed by atoms with van der Waals surface area (Å²) in [6.45, 7) is 2.74. The fraction of sp³-hybridized carbons (Fsp3) is 0.350. The van der Waals surface area contributed by atoms with E-state index in [0.717, 1.165) is 48.7 Å². The van der Waals surface area contributed by atoms with E-state index in [2.05, 4.69) is 5.32 Å². The van der Waals surface area contributed by atoms with Crippen LogP contribution in [0.1, 0.15) is 18.4 Å². The fourth-order valence-corrected chi connectivity index (χ4v) is 3.09. The molecule has 1 heterocycles. The van der Waals surface area contributed by atoms with Crippen LogP contribution in [-0.2, 0) is 11.3 Å². The summed E-state index contributed by atoms with van der Waals surface area (Å²) in [7, 11) is 0. The highest BCUT2D eigenvalue weighted by molar-refractivity contribution is 6.30. The molecule has 0 radical (unpaired) electrons. The third kappa shape index (κ3) is 5.40. The summed E-state index contributed by atoms with van der Waals surface area (Å²) in [6, 6.07) is 17.5. The van der Waals surface area contributed by atoms with Crippen LogP contribution < -0.4 is 5.32 Å². The van der Waals surface area contributed by atoms with Gasteiger partial charge in [0.25, 0.3) is 0 Å². The first-order chi connectivity index (χ1) is 12.2.